The number of hydrogen-bond acceptors (Lipinski definition) is 4. The number of halogens is 1. The molecule has 22 heavy (non-hydrogen) atoms. The molecule has 1 aromatic carbocycles. The van der Waals surface area contributed by atoms with Crippen LogP contribution in [0, 0.1) is 0 Å². The second-order valence-electron chi connectivity index (χ2n) is 4.77. The van der Waals surface area contributed by atoms with Gasteiger partial charge in [0.2, 0.25) is 0 Å². The van der Waals surface area contributed by atoms with Crippen molar-refractivity contribution < 1.29 is 0 Å². The van der Waals surface area contributed by atoms with Crippen LogP contribution in [0.15, 0.2) is 47.2 Å². The summed E-state index contributed by atoms with van der Waals surface area (Å²) in [6, 6.07) is 11.7. The highest BCUT2D eigenvalue weighted by Gasteiger charge is 2.15. The fourth-order valence-corrected chi connectivity index (χ4v) is 4.27. The molecule has 0 fully saturated rings. The predicted octanol–water partition coefficient (Wildman–Crippen LogP) is 4.53. The first kappa shape index (κ1) is 13.9. The Morgan fingerprint density at radius 2 is 1.95 bits per heavy atom. The van der Waals surface area contributed by atoms with Gasteiger partial charge >= 0.3 is 0 Å². The van der Waals surface area contributed by atoms with E-state index in [4.69, 9.17) is 19.4 Å². The van der Waals surface area contributed by atoms with Gasteiger partial charge in [0, 0.05) is 10.9 Å². The minimum absolute atomic E-state index is 0.479. The van der Waals surface area contributed by atoms with E-state index in [0.29, 0.717) is 11.0 Å². The third-order valence-corrected chi connectivity index (χ3v) is 5.34. The molecule has 3 aromatic heterocycles. The van der Waals surface area contributed by atoms with Crippen molar-refractivity contribution in [3.05, 3.63) is 52.3 Å². The van der Waals surface area contributed by atoms with Gasteiger partial charge in [0.25, 0.3) is 0 Å². The van der Waals surface area contributed by atoms with E-state index in [1.807, 2.05) is 41.8 Å². The molecule has 4 aromatic rings. The molecule has 104 valence electrons. The average Bonchev–Trinajstić information content (AvgIpc) is 3.17. The minimum Gasteiger partial charge on any atom is -0.216 e. The molecule has 0 spiro atoms. The van der Waals surface area contributed by atoms with Crippen molar-refractivity contribution in [1.82, 2.24) is 9.97 Å². The van der Waals surface area contributed by atoms with Crippen molar-refractivity contribution in [3.63, 3.8) is 0 Å². The Balaban J connectivity index is 1.93. The van der Waals surface area contributed by atoms with E-state index < -0.39 is 0 Å². The van der Waals surface area contributed by atoms with Crippen molar-refractivity contribution in [3.8, 4) is 21.8 Å². The van der Waals surface area contributed by atoms with Crippen LogP contribution in [0.5, 0.6) is 0 Å². The van der Waals surface area contributed by atoms with Crippen LogP contribution in [-0.2, 0) is 0 Å². The fraction of sp³-hybridized carbons (Fsp3) is 0. The Hall–Kier alpha value is -1.69. The van der Waals surface area contributed by atoms with Crippen LogP contribution in [0.2, 0.25) is 5.15 Å². The summed E-state index contributed by atoms with van der Waals surface area (Å²) >= 11 is 9.62. The van der Waals surface area contributed by atoms with Crippen LogP contribution < -0.4 is 5.46 Å². The van der Waals surface area contributed by atoms with Gasteiger partial charge < -0.3 is 0 Å². The smallest absolute Gasteiger partial charge is 0.172 e. The summed E-state index contributed by atoms with van der Waals surface area (Å²) in [6.07, 6.45) is 0. The van der Waals surface area contributed by atoms with Gasteiger partial charge in [-0.3, -0.25) is 0 Å². The molecule has 0 unspecified atom stereocenters. The Bertz CT molecular complexity index is 964. The summed E-state index contributed by atoms with van der Waals surface area (Å²) < 4.78 is 0. The Morgan fingerprint density at radius 3 is 2.73 bits per heavy atom. The maximum absolute atomic E-state index is 6.44. The van der Waals surface area contributed by atoms with Crippen LogP contribution in [-0.4, -0.2) is 17.8 Å². The van der Waals surface area contributed by atoms with Gasteiger partial charge in [-0.25, -0.2) is 9.97 Å². The lowest BCUT2D eigenvalue weighted by molar-refractivity contribution is 1.25. The van der Waals surface area contributed by atoms with E-state index in [-0.39, 0.29) is 0 Å². The second-order valence-corrected chi connectivity index (χ2v) is 6.93. The molecule has 0 aliphatic heterocycles. The second kappa shape index (κ2) is 5.50. The summed E-state index contributed by atoms with van der Waals surface area (Å²) in [5.74, 6) is 0.675. The highest BCUT2D eigenvalue weighted by molar-refractivity contribution is 7.17. The first-order valence-electron chi connectivity index (χ1n) is 6.57. The molecule has 0 saturated heterocycles. The topological polar surface area (TPSA) is 25.8 Å². The molecule has 0 bridgehead atoms. The fourth-order valence-electron chi connectivity index (χ4n) is 2.33. The molecule has 0 saturated carbocycles. The van der Waals surface area contributed by atoms with E-state index in [0.717, 1.165) is 31.7 Å². The van der Waals surface area contributed by atoms with Crippen molar-refractivity contribution in [2.75, 3.05) is 0 Å². The third kappa shape index (κ3) is 2.35. The molecule has 6 heteroatoms. The quantitative estimate of drug-likeness (QED) is 0.396. The highest BCUT2D eigenvalue weighted by atomic mass is 35.5. The summed E-state index contributed by atoms with van der Waals surface area (Å²) in [7, 11) is 5.88. The monoisotopic (exact) mass is 338 g/mol. The van der Waals surface area contributed by atoms with Gasteiger partial charge in [0.05, 0.1) is 10.3 Å². The van der Waals surface area contributed by atoms with Crippen molar-refractivity contribution in [2.24, 2.45) is 0 Å². The summed E-state index contributed by atoms with van der Waals surface area (Å²) in [5.41, 5.74) is 2.78. The van der Waals surface area contributed by atoms with Gasteiger partial charge in [-0.05, 0) is 17.0 Å². The third-order valence-electron chi connectivity index (χ3n) is 3.33. The zero-order valence-corrected chi connectivity index (χ0v) is 13.7. The maximum atomic E-state index is 6.44. The lowest BCUT2D eigenvalue weighted by Gasteiger charge is -2.04. The first-order chi connectivity index (χ1) is 10.7. The highest BCUT2D eigenvalue weighted by Crippen LogP contribution is 2.37. The number of aromatic nitrogens is 2. The zero-order valence-electron chi connectivity index (χ0n) is 11.3. The molecule has 2 nitrogen and oxygen atoms in total. The standard InChI is InChI=1S/C16H8BClN2S2/c17-10-4-1-3-9(7-10)11-8-22-16-13(11)14(18)19-15(20-16)12-5-2-6-21-12/h1-8H. The summed E-state index contributed by atoms with van der Waals surface area (Å²) in [4.78, 5) is 11.0. The average molecular weight is 339 g/mol. The summed E-state index contributed by atoms with van der Waals surface area (Å²) in [6.45, 7) is 0. The number of fused-ring (bicyclic) bond motifs is 1. The molecule has 0 aliphatic rings. The number of benzene rings is 1. The SMILES string of the molecule is [B]c1cccc(-c2csc3nc(-c4cccs4)nc(Cl)c23)c1. The Morgan fingerprint density at radius 1 is 1.05 bits per heavy atom. The molecular formula is C16H8BClN2S2. The molecule has 3 heterocycles. The van der Waals surface area contributed by atoms with Crippen molar-refractivity contribution >= 4 is 57.8 Å². The van der Waals surface area contributed by atoms with Crippen LogP contribution in [0.4, 0.5) is 0 Å². The van der Waals surface area contributed by atoms with Crippen LogP contribution in [0.1, 0.15) is 0 Å². The minimum atomic E-state index is 0.479. The van der Waals surface area contributed by atoms with Gasteiger partial charge in [-0.1, -0.05) is 47.4 Å². The molecule has 0 amide bonds. The van der Waals surface area contributed by atoms with Crippen LogP contribution in [0.25, 0.3) is 32.0 Å². The van der Waals surface area contributed by atoms with Crippen molar-refractivity contribution in [2.45, 2.75) is 0 Å². The van der Waals surface area contributed by atoms with Crippen LogP contribution in [0.3, 0.4) is 0 Å². The largest absolute Gasteiger partial charge is 0.216 e. The van der Waals surface area contributed by atoms with Gasteiger partial charge in [-0.2, -0.15) is 0 Å². The number of thiophene rings is 2. The van der Waals surface area contributed by atoms with Gasteiger partial charge in [-0.15, -0.1) is 22.7 Å². The maximum Gasteiger partial charge on any atom is 0.172 e. The lowest BCUT2D eigenvalue weighted by Crippen LogP contribution is -2.00. The van der Waals surface area contributed by atoms with E-state index in [2.05, 4.69) is 15.3 Å². The molecule has 2 radical (unpaired) electrons. The van der Waals surface area contributed by atoms with E-state index in [1.165, 1.54) is 0 Å². The molecule has 4 rings (SSSR count). The molecule has 0 atom stereocenters. The zero-order chi connectivity index (χ0) is 15.1. The van der Waals surface area contributed by atoms with Gasteiger partial charge in [0.15, 0.2) is 5.82 Å². The number of nitrogens with zero attached hydrogens (tertiary/aromatic N) is 2. The Kier molecular flexibility index (Phi) is 3.49. The first-order valence-corrected chi connectivity index (χ1v) is 8.70. The molecular weight excluding hydrogens is 331 g/mol. The van der Waals surface area contributed by atoms with E-state index >= 15 is 0 Å². The number of hydrogen-bond donors (Lipinski definition) is 0. The summed E-state index contributed by atoms with van der Waals surface area (Å²) in [5, 5.41) is 5.42. The van der Waals surface area contributed by atoms with Gasteiger partial charge in [0.1, 0.15) is 17.8 Å². The van der Waals surface area contributed by atoms with E-state index in [9.17, 15) is 0 Å². The Labute approximate surface area is 141 Å². The normalized spacial score (nSPS) is 11.1. The van der Waals surface area contributed by atoms with Crippen LogP contribution >= 0.6 is 34.3 Å². The van der Waals surface area contributed by atoms with E-state index in [1.54, 1.807) is 22.7 Å². The lowest BCUT2D eigenvalue weighted by atomic mass is 9.92. The predicted molar refractivity (Wildman–Crippen MR) is 96.6 cm³/mol. The molecule has 0 N–H and O–H groups in total. The number of rotatable bonds is 2. The van der Waals surface area contributed by atoms with Crippen molar-refractivity contribution in [1.29, 1.82) is 0 Å². The molecule has 0 aliphatic carbocycles.